The highest BCUT2D eigenvalue weighted by Crippen LogP contribution is 2.33. The second kappa shape index (κ2) is 5.09. The summed E-state index contributed by atoms with van der Waals surface area (Å²) in [5, 5.41) is 1.23. The molecule has 0 radical (unpaired) electrons. The predicted molar refractivity (Wildman–Crippen MR) is 85.2 cm³/mol. The van der Waals surface area contributed by atoms with Gasteiger partial charge in [0.25, 0.3) is 0 Å². The van der Waals surface area contributed by atoms with Crippen molar-refractivity contribution in [1.82, 2.24) is 4.98 Å². The lowest BCUT2D eigenvalue weighted by Crippen LogP contribution is -2.03. The zero-order valence-electron chi connectivity index (χ0n) is 12.2. The van der Waals surface area contributed by atoms with Crippen LogP contribution in [-0.2, 0) is 0 Å². The van der Waals surface area contributed by atoms with Gasteiger partial charge >= 0.3 is 0 Å². The Morgan fingerprint density at radius 2 is 1.70 bits per heavy atom. The summed E-state index contributed by atoms with van der Waals surface area (Å²) in [6.07, 6.45) is 1.88. The van der Waals surface area contributed by atoms with Gasteiger partial charge < -0.3 is 0 Å². The molecule has 0 aliphatic carbocycles. The molecule has 1 heterocycles. The molecule has 0 aliphatic rings. The van der Waals surface area contributed by atoms with Crippen LogP contribution in [0, 0.1) is 13.8 Å². The van der Waals surface area contributed by atoms with E-state index in [0.29, 0.717) is 5.92 Å². The van der Waals surface area contributed by atoms with Gasteiger partial charge in [0.1, 0.15) is 0 Å². The number of pyridine rings is 1. The van der Waals surface area contributed by atoms with E-state index in [1.54, 1.807) is 0 Å². The number of hydrogen-bond donors (Lipinski definition) is 0. The van der Waals surface area contributed by atoms with Gasteiger partial charge in [-0.25, -0.2) is 0 Å². The summed E-state index contributed by atoms with van der Waals surface area (Å²) in [6.45, 7) is 6.67. The molecule has 0 saturated heterocycles. The van der Waals surface area contributed by atoms with Crippen LogP contribution in [0.25, 0.3) is 10.9 Å². The first kappa shape index (κ1) is 12.9. The number of benzene rings is 2. The summed E-state index contributed by atoms with van der Waals surface area (Å²) in [5.41, 5.74) is 6.53. The van der Waals surface area contributed by atoms with Crippen LogP contribution in [-0.4, -0.2) is 4.98 Å². The third-order valence-electron chi connectivity index (χ3n) is 4.13. The third kappa shape index (κ3) is 2.09. The van der Waals surface area contributed by atoms with E-state index in [2.05, 4.69) is 68.2 Å². The van der Waals surface area contributed by atoms with Gasteiger partial charge in [-0.15, -0.1) is 0 Å². The fourth-order valence-corrected chi connectivity index (χ4v) is 3.16. The van der Waals surface area contributed by atoms with Crippen molar-refractivity contribution in [1.29, 1.82) is 0 Å². The number of nitrogens with zero attached hydrogens (tertiary/aromatic N) is 1. The summed E-state index contributed by atoms with van der Waals surface area (Å²) in [6, 6.07) is 17.1. The predicted octanol–water partition coefficient (Wildman–Crippen LogP) is 5.00. The fraction of sp³-hybridized carbons (Fsp3) is 0.211. The SMILES string of the molecule is Cc1cc2cccnc2c(C)c1C(C)c1ccccc1. The van der Waals surface area contributed by atoms with E-state index in [0.717, 1.165) is 5.52 Å². The van der Waals surface area contributed by atoms with Crippen LogP contribution >= 0.6 is 0 Å². The molecule has 1 nitrogen and oxygen atoms in total. The molecule has 0 spiro atoms. The molecule has 1 atom stereocenters. The van der Waals surface area contributed by atoms with Crippen molar-refractivity contribution in [2.75, 3.05) is 0 Å². The summed E-state index contributed by atoms with van der Waals surface area (Å²) < 4.78 is 0. The van der Waals surface area contributed by atoms with Gasteiger partial charge in [0, 0.05) is 17.5 Å². The number of aryl methyl sites for hydroxylation is 2. The molecule has 0 bridgehead atoms. The molecular formula is C19H19N. The average Bonchev–Trinajstić information content (AvgIpc) is 2.48. The number of fused-ring (bicyclic) bond motifs is 1. The Hall–Kier alpha value is -2.15. The Morgan fingerprint density at radius 1 is 0.950 bits per heavy atom. The Bertz CT molecular complexity index is 744. The second-order valence-electron chi connectivity index (χ2n) is 5.44. The molecule has 3 rings (SSSR count). The van der Waals surface area contributed by atoms with E-state index in [9.17, 15) is 0 Å². The number of aromatic nitrogens is 1. The fourth-order valence-electron chi connectivity index (χ4n) is 3.16. The molecule has 3 aromatic rings. The van der Waals surface area contributed by atoms with Crippen LogP contribution < -0.4 is 0 Å². The second-order valence-corrected chi connectivity index (χ2v) is 5.44. The van der Waals surface area contributed by atoms with Crippen molar-refractivity contribution >= 4 is 10.9 Å². The maximum atomic E-state index is 4.56. The van der Waals surface area contributed by atoms with Crippen LogP contribution in [0.3, 0.4) is 0 Å². The molecule has 2 aromatic carbocycles. The summed E-state index contributed by atoms with van der Waals surface area (Å²) in [4.78, 5) is 4.56. The molecule has 0 N–H and O–H groups in total. The number of hydrogen-bond acceptors (Lipinski definition) is 1. The monoisotopic (exact) mass is 261 g/mol. The average molecular weight is 261 g/mol. The first-order chi connectivity index (χ1) is 9.68. The van der Waals surface area contributed by atoms with E-state index < -0.39 is 0 Å². The molecule has 1 aromatic heterocycles. The minimum atomic E-state index is 0.391. The molecule has 1 heteroatoms. The lowest BCUT2D eigenvalue weighted by molar-refractivity contribution is 0.900. The first-order valence-corrected chi connectivity index (χ1v) is 7.08. The molecule has 1 unspecified atom stereocenters. The maximum absolute atomic E-state index is 4.56. The number of rotatable bonds is 2. The van der Waals surface area contributed by atoms with E-state index in [-0.39, 0.29) is 0 Å². The van der Waals surface area contributed by atoms with Crippen molar-refractivity contribution < 1.29 is 0 Å². The van der Waals surface area contributed by atoms with Gasteiger partial charge in [0.05, 0.1) is 5.52 Å². The molecule has 0 aliphatic heterocycles. The van der Waals surface area contributed by atoms with Crippen LogP contribution in [0.2, 0.25) is 0 Å². The highest BCUT2D eigenvalue weighted by molar-refractivity contribution is 5.84. The van der Waals surface area contributed by atoms with Gasteiger partial charge in [-0.05, 0) is 48.2 Å². The quantitative estimate of drug-likeness (QED) is 0.632. The minimum Gasteiger partial charge on any atom is -0.256 e. The van der Waals surface area contributed by atoms with E-state index in [1.807, 2.05) is 12.3 Å². The van der Waals surface area contributed by atoms with Crippen LogP contribution in [0.4, 0.5) is 0 Å². The smallest absolute Gasteiger partial charge is 0.0734 e. The summed E-state index contributed by atoms with van der Waals surface area (Å²) in [7, 11) is 0. The van der Waals surface area contributed by atoms with E-state index >= 15 is 0 Å². The topological polar surface area (TPSA) is 12.9 Å². The third-order valence-corrected chi connectivity index (χ3v) is 4.13. The summed E-state index contributed by atoms with van der Waals surface area (Å²) in [5.74, 6) is 0.391. The maximum Gasteiger partial charge on any atom is 0.0734 e. The molecule has 0 fully saturated rings. The first-order valence-electron chi connectivity index (χ1n) is 7.08. The van der Waals surface area contributed by atoms with Gasteiger partial charge in [0.15, 0.2) is 0 Å². The van der Waals surface area contributed by atoms with Crippen LogP contribution in [0.1, 0.15) is 35.1 Å². The van der Waals surface area contributed by atoms with Crippen molar-refractivity contribution in [2.45, 2.75) is 26.7 Å². The highest BCUT2D eigenvalue weighted by Gasteiger charge is 2.16. The zero-order valence-corrected chi connectivity index (χ0v) is 12.2. The Balaban J connectivity index is 2.21. The van der Waals surface area contributed by atoms with E-state index in [4.69, 9.17) is 0 Å². The van der Waals surface area contributed by atoms with Gasteiger partial charge in [0.2, 0.25) is 0 Å². The minimum absolute atomic E-state index is 0.391. The van der Waals surface area contributed by atoms with Crippen molar-refractivity contribution in [3.63, 3.8) is 0 Å². The molecule has 20 heavy (non-hydrogen) atoms. The highest BCUT2D eigenvalue weighted by atomic mass is 14.6. The van der Waals surface area contributed by atoms with Crippen molar-refractivity contribution in [3.05, 3.63) is 77.0 Å². The zero-order chi connectivity index (χ0) is 14.1. The lowest BCUT2D eigenvalue weighted by Gasteiger charge is -2.19. The molecular weight excluding hydrogens is 242 g/mol. The standard InChI is InChI=1S/C19H19N/c1-13-12-17-10-7-11-20-19(17)15(3)18(13)14(2)16-8-5-4-6-9-16/h4-12,14H,1-3H3. The van der Waals surface area contributed by atoms with Crippen molar-refractivity contribution in [3.8, 4) is 0 Å². The molecule has 0 saturated carbocycles. The van der Waals surface area contributed by atoms with Crippen LogP contribution in [0.5, 0.6) is 0 Å². The van der Waals surface area contributed by atoms with E-state index in [1.165, 1.54) is 27.6 Å². The Morgan fingerprint density at radius 3 is 2.45 bits per heavy atom. The van der Waals surface area contributed by atoms with Gasteiger partial charge in [-0.3, -0.25) is 4.98 Å². The molecule has 0 amide bonds. The lowest BCUT2D eigenvalue weighted by atomic mass is 9.86. The van der Waals surface area contributed by atoms with Gasteiger partial charge in [-0.1, -0.05) is 43.3 Å². The van der Waals surface area contributed by atoms with Crippen molar-refractivity contribution in [2.24, 2.45) is 0 Å². The summed E-state index contributed by atoms with van der Waals surface area (Å²) >= 11 is 0. The Labute approximate surface area is 120 Å². The largest absolute Gasteiger partial charge is 0.256 e. The van der Waals surface area contributed by atoms with Gasteiger partial charge in [-0.2, -0.15) is 0 Å². The Kier molecular flexibility index (Phi) is 3.27. The van der Waals surface area contributed by atoms with Crippen LogP contribution in [0.15, 0.2) is 54.7 Å². The molecule has 100 valence electrons. The normalized spacial score (nSPS) is 12.6.